The van der Waals surface area contributed by atoms with E-state index in [2.05, 4.69) is 20.8 Å². The van der Waals surface area contributed by atoms with Crippen molar-refractivity contribution in [2.75, 3.05) is 5.32 Å². The first-order valence-electron chi connectivity index (χ1n) is 9.36. The molecule has 0 spiro atoms. The number of hydrogen-bond donors (Lipinski definition) is 2. The molecular formula is C23H17ClN4O2S. The first-order valence-corrected chi connectivity index (χ1v) is 10.6. The molecule has 2 heterocycles. The van der Waals surface area contributed by atoms with Gasteiger partial charge in [0.05, 0.1) is 10.7 Å². The van der Waals surface area contributed by atoms with Crippen LogP contribution in [0.2, 0.25) is 5.02 Å². The highest BCUT2D eigenvalue weighted by Crippen LogP contribution is 2.34. The van der Waals surface area contributed by atoms with Crippen LogP contribution in [0.4, 0.5) is 5.69 Å². The molecule has 0 bridgehead atoms. The van der Waals surface area contributed by atoms with Gasteiger partial charge in [-0.2, -0.15) is 5.10 Å². The Labute approximate surface area is 187 Å². The molecule has 4 rings (SSSR count). The fourth-order valence-corrected chi connectivity index (χ4v) is 4.32. The van der Waals surface area contributed by atoms with E-state index < -0.39 is 0 Å². The Kier molecular flexibility index (Phi) is 6.06. The molecule has 0 saturated heterocycles. The number of carbonyl (C=O) groups excluding carboxylic acids is 2. The van der Waals surface area contributed by atoms with Gasteiger partial charge in [-0.3, -0.25) is 14.6 Å². The van der Waals surface area contributed by atoms with E-state index in [0.717, 1.165) is 15.6 Å². The largest absolute Gasteiger partial charge is 0.322 e. The first kappa shape index (κ1) is 20.7. The molecule has 154 valence electrons. The summed E-state index contributed by atoms with van der Waals surface area (Å²) in [6.45, 7) is 1.79. The van der Waals surface area contributed by atoms with Crippen molar-refractivity contribution < 1.29 is 9.59 Å². The quantitative estimate of drug-likeness (QED) is 0.318. The van der Waals surface area contributed by atoms with E-state index in [-0.39, 0.29) is 11.8 Å². The lowest BCUT2D eigenvalue weighted by Crippen LogP contribution is -2.18. The molecule has 4 aromatic rings. The van der Waals surface area contributed by atoms with Gasteiger partial charge in [0.25, 0.3) is 11.8 Å². The standard InChI is InChI=1S/C23H17ClN4O2S/c1-14(27-28-23(30)21-20(24)18-4-2-3-5-19(18)31-21)15-6-8-17(9-7-15)26-22(29)16-10-12-25-13-11-16/h2-13H,1H3,(H,26,29)(H,28,30)/b27-14+. The smallest absolute Gasteiger partial charge is 0.283 e. The molecule has 2 aromatic carbocycles. The number of hydrazone groups is 1. The molecule has 0 aliphatic heterocycles. The van der Waals surface area contributed by atoms with Crippen LogP contribution in [0.25, 0.3) is 10.1 Å². The normalized spacial score (nSPS) is 11.4. The van der Waals surface area contributed by atoms with E-state index in [1.807, 2.05) is 36.4 Å². The van der Waals surface area contributed by atoms with Gasteiger partial charge in [0.1, 0.15) is 4.88 Å². The van der Waals surface area contributed by atoms with Crippen LogP contribution in [0.1, 0.15) is 32.5 Å². The summed E-state index contributed by atoms with van der Waals surface area (Å²) in [5.74, 6) is -0.570. The Morgan fingerprint density at radius 2 is 1.65 bits per heavy atom. The number of benzene rings is 2. The number of amides is 2. The zero-order chi connectivity index (χ0) is 21.8. The number of thiophene rings is 1. The summed E-state index contributed by atoms with van der Waals surface area (Å²) in [6, 6.07) is 18.1. The topological polar surface area (TPSA) is 83.5 Å². The van der Waals surface area contributed by atoms with E-state index in [4.69, 9.17) is 11.6 Å². The number of anilines is 1. The van der Waals surface area contributed by atoms with Crippen LogP contribution in [-0.4, -0.2) is 22.5 Å². The number of pyridine rings is 1. The van der Waals surface area contributed by atoms with Crippen molar-refractivity contribution in [3.8, 4) is 0 Å². The summed E-state index contributed by atoms with van der Waals surface area (Å²) in [7, 11) is 0. The molecule has 2 amide bonds. The predicted molar refractivity (Wildman–Crippen MR) is 125 cm³/mol. The molecule has 0 radical (unpaired) electrons. The SMILES string of the molecule is C/C(=N\NC(=O)c1sc2ccccc2c1Cl)c1ccc(NC(=O)c2ccncc2)cc1. The predicted octanol–water partition coefficient (Wildman–Crippen LogP) is 5.36. The lowest BCUT2D eigenvalue weighted by atomic mass is 10.1. The van der Waals surface area contributed by atoms with Gasteiger partial charge in [0, 0.05) is 33.7 Å². The minimum atomic E-state index is -0.355. The van der Waals surface area contributed by atoms with Crippen molar-refractivity contribution in [3.05, 3.63) is 94.1 Å². The number of halogens is 1. The number of rotatable bonds is 5. The third kappa shape index (κ3) is 4.63. The van der Waals surface area contributed by atoms with Crippen molar-refractivity contribution in [1.29, 1.82) is 0 Å². The minimum Gasteiger partial charge on any atom is -0.322 e. The van der Waals surface area contributed by atoms with E-state index in [1.54, 1.807) is 43.6 Å². The van der Waals surface area contributed by atoms with Gasteiger partial charge in [-0.05, 0) is 42.8 Å². The van der Waals surface area contributed by atoms with Crippen molar-refractivity contribution in [1.82, 2.24) is 10.4 Å². The zero-order valence-electron chi connectivity index (χ0n) is 16.4. The molecule has 0 unspecified atom stereocenters. The van der Waals surface area contributed by atoms with Crippen LogP contribution < -0.4 is 10.7 Å². The molecule has 6 nitrogen and oxygen atoms in total. The van der Waals surface area contributed by atoms with E-state index in [0.29, 0.717) is 26.9 Å². The van der Waals surface area contributed by atoms with Crippen LogP contribution >= 0.6 is 22.9 Å². The Hall–Kier alpha value is -3.55. The molecule has 31 heavy (non-hydrogen) atoms. The average Bonchev–Trinajstić information content (AvgIpc) is 3.15. The summed E-state index contributed by atoms with van der Waals surface area (Å²) >= 11 is 7.68. The fraction of sp³-hybridized carbons (Fsp3) is 0.0435. The van der Waals surface area contributed by atoms with Crippen molar-refractivity contribution in [2.45, 2.75) is 6.92 Å². The van der Waals surface area contributed by atoms with E-state index >= 15 is 0 Å². The van der Waals surface area contributed by atoms with Crippen LogP contribution in [0.15, 0.2) is 78.2 Å². The Morgan fingerprint density at radius 1 is 0.935 bits per heavy atom. The van der Waals surface area contributed by atoms with Gasteiger partial charge in [-0.25, -0.2) is 5.43 Å². The summed E-state index contributed by atoms with van der Waals surface area (Å²) in [5.41, 5.74) is 5.18. The summed E-state index contributed by atoms with van der Waals surface area (Å²) in [6.07, 6.45) is 3.14. The van der Waals surface area contributed by atoms with Gasteiger partial charge < -0.3 is 5.32 Å². The zero-order valence-corrected chi connectivity index (χ0v) is 18.0. The average molecular weight is 449 g/mol. The van der Waals surface area contributed by atoms with Gasteiger partial charge in [-0.15, -0.1) is 11.3 Å². The maximum Gasteiger partial charge on any atom is 0.283 e. The monoisotopic (exact) mass is 448 g/mol. The van der Waals surface area contributed by atoms with Crippen molar-refractivity contribution in [2.24, 2.45) is 5.10 Å². The van der Waals surface area contributed by atoms with Crippen LogP contribution in [0.3, 0.4) is 0 Å². The highest BCUT2D eigenvalue weighted by atomic mass is 35.5. The van der Waals surface area contributed by atoms with Crippen LogP contribution in [-0.2, 0) is 0 Å². The second-order valence-corrected chi connectivity index (χ2v) is 8.08. The number of fused-ring (bicyclic) bond motifs is 1. The molecule has 0 aliphatic carbocycles. The molecule has 0 fully saturated rings. The van der Waals surface area contributed by atoms with Crippen molar-refractivity contribution >= 4 is 56.2 Å². The number of carbonyl (C=O) groups is 2. The van der Waals surface area contributed by atoms with Gasteiger partial charge >= 0.3 is 0 Å². The van der Waals surface area contributed by atoms with E-state index in [9.17, 15) is 9.59 Å². The number of nitrogens with one attached hydrogen (secondary N) is 2. The highest BCUT2D eigenvalue weighted by Gasteiger charge is 2.16. The minimum absolute atomic E-state index is 0.215. The summed E-state index contributed by atoms with van der Waals surface area (Å²) < 4.78 is 0.947. The number of nitrogens with zero attached hydrogens (tertiary/aromatic N) is 2. The second-order valence-electron chi connectivity index (χ2n) is 6.65. The maximum atomic E-state index is 12.5. The highest BCUT2D eigenvalue weighted by molar-refractivity contribution is 7.21. The van der Waals surface area contributed by atoms with Crippen LogP contribution in [0.5, 0.6) is 0 Å². The second kappa shape index (κ2) is 9.07. The molecule has 0 atom stereocenters. The lowest BCUT2D eigenvalue weighted by Gasteiger charge is -2.07. The third-order valence-electron chi connectivity index (χ3n) is 4.57. The van der Waals surface area contributed by atoms with Crippen molar-refractivity contribution in [3.63, 3.8) is 0 Å². The molecule has 0 aliphatic rings. The first-order chi connectivity index (χ1) is 15.0. The Balaban J connectivity index is 1.42. The molecule has 0 saturated carbocycles. The van der Waals surface area contributed by atoms with Gasteiger partial charge in [-0.1, -0.05) is 41.9 Å². The summed E-state index contributed by atoms with van der Waals surface area (Å²) in [4.78, 5) is 29.1. The molecule has 2 N–H and O–H groups in total. The number of aromatic nitrogens is 1. The maximum absolute atomic E-state index is 12.5. The summed E-state index contributed by atoms with van der Waals surface area (Å²) in [5, 5.41) is 8.30. The number of hydrogen-bond acceptors (Lipinski definition) is 5. The van der Waals surface area contributed by atoms with Gasteiger partial charge in [0.15, 0.2) is 0 Å². The lowest BCUT2D eigenvalue weighted by molar-refractivity contribution is 0.0958. The molecule has 8 heteroatoms. The van der Waals surface area contributed by atoms with Crippen LogP contribution in [0, 0.1) is 0 Å². The molecular weight excluding hydrogens is 432 g/mol. The van der Waals surface area contributed by atoms with Gasteiger partial charge in [0.2, 0.25) is 0 Å². The van der Waals surface area contributed by atoms with E-state index in [1.165, 1.54) is 11.3 Å². The third-order valence-corrected chi connectivity index (χ3v) is 6.24. The Bertz CT molecular complexity index is 1280. The molecule has 2 aromatic heterocycles. The Morgan fingerprint density at radius 3 is 2.35 bits per heavy atom. The fourth-order valence-electron chi connectivity index (χ4n) is 2.91.